The summed E-state index contributed by atoms with van der Waals surface area (Å²) in [5, 5.41) is 14.0. The number of rotatable bonds is 3. The standard InChI is InChI=1S/C13H16F3N3O2/c1-9(18-4-2-17-3-5-18)10-6-11(13(14,15)16)8-12(7-10)19(20)21/h6-9,17H,2-5H2,1H3. The second kappa shape index (κ2) is 5.98. The Morgan fingerprint density at radius 2 is 1.90 bits per heavy atom. The molecule has 21 heavy (non-hydrogen) atoms. The van der Waals surface area contributed by atoms with Gasteiger partial charge >= 0.3 is 6.18 Å². The molecule has 0 radical (unpaired) electrons. The van der Waals surface area contributed by atoms with Crippen LogP contribution in [0, 0.1) is 10.1 Å². The van der Waals surface area contributed by atoms with Crippen molar-refractivity contribution in [3.05, 3.63) is 39.4 Å². The highest BCUT2D eigenvalue weighted by Gasteiger charge is 2.33. The van der Waals surface area contributed by atoms with Crippen molar-refractivity contribution in [2.45, 2.75) is 19.1 Å². The van der Waals surface area contributed by atoms with Crippen molar-refractivity contribution in [3.63, 3.8) is 0 Å². The highest BCUT2D eigenvalue weighted by Crippen LogP contribution is 2.35. The molecule has 0 amide bonds. The number of nitro benzene ring substituents is 1. The first-order valence-corrected chi connectivity index (χ1v) is 6.60. The van der Waals surface area contributed by atoms with Gasteiger partial charge in [-0.2, -0.15) is 13.2 Å². The van der Waals surface area contributed by atoms with E-state index in [0.29, 0.717) is 24.7 Å². The lowest BCUT2D eigenvalue weighted by Gasteiger charge is -2.33. The van der Waals surface area contributed by atoms with Crippen LogP contribution in [0.3, 0.4) is 0 Å². The second-order valence-electron chi connectivity index (χ2n) is 5.03. The Morgan fingerprint density at radius 3 is 2.43 bits per heavy atom. The first-order valence-electron chi connectivity index (χ1n) is 6.60. The molecule has 1 aliphatic heterocycles. The molecule has 116 valence electrons. The summed E-state index contributed by atoms with van der Waals surface area (Å²) in [6, 6.07) is 2.50. The number of nitrogens with zero attached hydrogens (tertiary/aromatic N) is 2. The van der Waals surface area contributed by atoms with Crippen LogP contribution in [0.5, 0.6) is 0 Å². The monoisotopic (exact) mass is 303 g/mol. The summed E-state index contributed by atoms with van der Waals surface area (Å²) in [5.74, 6) is 0. The van der Waals surface area contributed by atoms with E-state index in [9.17, 15) is 23.3 Å². The molecule has 0 saturated carbocycles. The normalized spacial score (nSPS) is 18.5. The third-order valence-corrected chi connectivity index (χ3v) is 3.66. The Labute approximate surface area is 119 Å². The van der Waals surface area contributed by atoms with Crippen LogP contribution in [-0.4, -0.2) is 36.0 Å². The Hall–Kier alpha value is -1.67. The zero-order valence-corrected chi connectivity index (χ0v) is 11.5. The number of non-ortho nitro benzene ring substituents is 1. The first kappa shape index (κ1) is 15.7. The minimum absolute atomic E-state index is 0.298. The lowest BCUT2D eigenvalue weighted by Crippen LogP contribution is -2.44. The molecule has 1 aromatic rings. The second-order valence-corrected chi connectivity index (χ2v) is 5.03. The van der Waals surface area contributed by atoms with Crippen LogP contribution in [0.2, 0.25) is 0 Å². The molecule has 1 atom stereocenters. The maximum atomic E-state index is 12.9. The molecule has 0 bridgehead atoms. The van der Waals surface area contributed by atoms with Crippen molar-refractivity contribution in [1.82, 2.24) is 10.2 Å². The van der Waals surface area contributed by atoms with Gasteiger partial charge in [-0.15, -0.1) is 0 Å². The lowest BCUT2D eigenvalue weighted by molar-refractivity contribution is -0.385. The molecule has 0 aromatic heterocycles. The van der Waals surface area contributed by atoms with Gasteiger partial charge in [-0.25, -0.2) is 0 Å². The summed E-state index contributed by atoms with van der Waals surface area (Å²) in [5.41, 5.74) is -1.19. The smallest absolute Gasteiger partial charge is 0.314 e. The van der Waals surface area contributed by atoms with Gasteiger partial charge < -0.3 is 5.32 Å². The number of benzene rings is 1. The predicted molar refractivity (Wildman–Crippen MR) is 71.0 cm³/mol. The summed E-state index contributed by atoms with van der Waals surface area (Å²) in [6.45, 7) is 4.68. The van der Waals surface area contributed by atoms with E-state index >= 15 is 0 Å². The topological polar surface area (TPSA) is 58.4 Å². The Bertz CT molecular complexity index is 528. The van der Waals surface area contributed by atoms with Crippen LogP contribution in [0.15, 0.2) is 18.2 Å². The molecule has 1 saturated heterocycles. The van der Waals surface area contributed by atoms with E-state index in [1.165, 1.54) is 6.07 Å². The van der Waals surface area contributed by atoms with Crippen molar-refractivity contribution in [3.8, 4) is 0 Å². The Morgan fingerprint density at radius 1 is 1.29 bits per heavy atom. The minimum atomic E-state index is -4.59. The Kier molecular flexibility index (Phi) is 4.48. The third kappa shape index (κ3) is 3.70. The molecule has 1 unspecified atom stereocenters. The van der Waals surface area contributed by atoms with Crippen LogP contribution in [0.1, 0.15) is 24.1 Å². The van der Waals surface area contributed by atoms with Crippen LogP contribution in [0.4, 0.5) is 18.9 Å². The zero-order valence-electron chi connectivity index (χ0n) is 11.5. The molecule has 2 rings (SSSR count). The van der Waals surface area contributed by atoms with Crippen LogP contribution < -0.4 is 5.32 Å². The van der Waals surface area contributed by atoms with Crippen LogP contribution in [0.25, 0.3) is 0 Å². The molecular formula is C13H16F3N3O2. The first-order chi connectivity index (χ1) is 9.79. The summed E-state index contributed by atoms with van der Waals surface area (Å²) >= 11 is 0. The van der Waals surface area contributed by atoms with Crippen molar-refractivity contribution in [2.24, 2.45) is 0 Å². The summed E-state index contributed by atoms with van der Waals surface area (Å²) in [6.07, 6.45) is -4.59. The lowest BCUT2D eigenvalue weighted by atomic mass is 10.0. The van der Waals surface area contributed by atoms with E-state index in [1.54, 1.807) is 6.92 Å². The number of nitrogens with one attached hydrogen (secondary N) is 1. The van der Waals surface area contributed by atoms with Gasteiger partial charge in [-0.1, -0.05) is 0 Å². The van der Waals surface area contributed by atoms with Gasteiger partial charge in [0.15, 0.2) is 0 Å². The van der Waals surface area contributed by atoms with Gasteiger partial charge in [0.25, 0.3) is 5.69 Å². The van der Waals surface area contributed by atoms with E-state index in [4.69, 9.17) is 0 Å². The van der Waals surface area contributed by atoms with Crippen LogP contribution >= 0.6 is 0 Å². The van der Waals surface area contributed by atoms with Crippen molar-refractivity contribution >= 4 is 5.69 Å². The SMILES string of the molecule is CC(c1cc([N+](=O)[O-])cc(C(F)(F)F)c1)N1CCNCC1. The average Bonchev–Trinajstić information content (AvgIpc) is 2.46. The molecule has 5 nitrogen and oxygen atoms in total. The molecule has 0 spiro atoms. The maximum absolute atomic E-state index is 12.9. The third-order valence-electron chi connectivity index (χ3n) is 3.66. The van der Waals surface area contributed by atoms with E-state index in [0.717, 1.165) is 19.2 Å². The molecule has 0 aliphatic carbocycles. The molecule has 1 fully saturated rings. The quantitative estimate of drug-likeness (QED) is 0.689. The maximum Gasteiger partial charge on any atom is 0.416 e. The van der Waals surface area contributed by atoms with E-state index in [-0.39, 0.29) is 6.04 Å². The zero-order chi connectivity index (χ0) is 15.6. The van der Waals surface area contributed by atoms with Crippen molar-refractivity contribution in [2.75, 3.05) is 26.2 Å². The van der Waals surface area contributed by atoms with Gasteiger partial charge in [0.2, 0.25) is 0 Å². The van der Waals surface area contributed by atoms with Gasteiger partial charge in [-0.3, -0.25) is 15.0 Å². The number of hydrogen-bond acceptors (Lipinski definition) is 4. The fourth-order valence-corrected chi connectivity index (χ4v) is 2.43. The van der Waals surface area contributed by atoms with Crippen molar-refractivity contribution < 1.29 is 18.1 Å². The summed E-state index contributed by atoms with van der Waals surface area (Å²) in [4.78, 5) is 12.1. The number of nitro groups is 1. The largest absolute Gasteiger partial charge is 0.416 e. The number of piperazine rings is 1. The van der Waals surface area contributed by atoms with Crippen molar-refractivity contribution in [1.29, 1.82) is 0 Å². The van der Waals surface area contributed by atoms with Gasteiger partial charge in [-0.05, 0) is 18.6 Å². The number of halogens is 3. The highest BCUT2D eigenvalue weighted by molar-refractivity contribution is 5.41. The van der Waals surface area contributed by atoms with Crippen LogP contribution in [-0.2, 0) is 6.18 Å². The van der Waals surface area contributed by atoms with Gasteiger partial charge in [0.1, 0.15) is 0 Å². The molecular weight excluding hydrogens is 287 g/mol. The number of hydrogen-bond donors (Lipinski definition) is 1. The molecule has 1 aliphatic rings. The number of alkyl halides is 3. The molecule has 1 N–H and O–H groups in total. The Balaban J connectivity index is 2.37. The van der Waals surface area contributed by atoms with Gasteiger partial charge in [0, 0.05) is 44.4 Å². The van der Waals surface area contributed by atoms with Gasteiger partial charge in [0.05, 0.1) is 10.5 Å². The van der Waals surface area contributed by atoms with E-state index in [1.807, 2.05) is 4.90 Å². The fourth-order valence-electron chi connectivity index (χ4n) is 2.43. The highest BCUT2D eigenvalue weighted by atomic mass is 19.4. The van der Waals surface area contributed by atoms with E-state index in [2.05, 4.69) is 5.32 Å². The summed E-state index contributed by atoms with van der Waals surface area (Å²) < 4.78 is 38.6. The molecule has 1 heterocycles. The fraction of sp³-hybridized carbons (Fsp3) is 0.538. The predicted octanol–water partition coefficient (Wildman–Crippen LogP) is 2.58. The summed E-state index contributed by atoms with van der Waals surface area (Å²) in [7, 11) is 0. The average molecular weight is 303 g/mol. The molecule has 8 heteroatoms. The molecule has 1 aromatic carbocycles. The van der Waals surface area contributed by atoms with E-state index < -0.39 is 22.4 Å². The minimum Gasteiger partial charge on any atom is -0.314 e.